The highest BCUT2D eigenvalue weighted by molar-refractivity contribution is 9.10. The molecule has 144 valence electrons. The van der Waals surface area contributed by atoms with E-state index in [4.69, 9.17) is 0 Å². The van der Waals surface area contributed by atoms with E-state index in [0.717, 1.165) is 0 Å². The first-order chi connectivity index (χ1) is 14.6. The Kier molecular flexibility index (Phi) is 3.76. The van der Waals surface area contributed by atoms with Crippen molar-refractivity contribution in [2.75, 3.05) is 0 Å². The highest BCUT2D eigenvalue weighted by atomic mass is 79.9. The van der Waals surface area contributed by atoms with Gasteiger partial charge in [-0.25, -0.2) is 0 Å². The first-order valence-corrected chi connectivity index (χ1v) is 11.2. The number of halogens is 1. The minimum Gasteiger partial charge on any atom is -0.0619 e. The molecule has 0 heterocycles. The monoisotopic (exact) mass is 448 g/mol. The summed E-state index contributed by atoms with van der Waals surface area (Å²) in [6.07, 6.45) is 0. The topological polar surface area (TPSA) is 0 Å². The van der Waals surface area contributed by atoms with Gasteiger partial charge in [0.2, 0.25) is 0 Å². The maximum absolute atomic E-state index is 3.88. The first kappa shape index (κ1) is 17.9. The van der Waals surface area contributed by atoms with E-state index in [0.29, 0.717) is 0 Å². The van der Waals surface area contributed by atoms with E-state index < -0.39 is 0 Å². The number of rotatable bonds is 1. The molecule has 0 bridgehead atoms. The lowest BCUT2D eigenvalue weighted by atomic mass is 9.82. The summed E-state index contributed by atoms with van der Waals surface area (Å²) < 4.78 is 1.17. The summed E-state index contributed by atoms with van der Waals surface area (Å²) in [5.41, 5.74) is 8.19. The van der Waals surface area contributed by atoms with Crippen molar-refractivity contribution in [3.05, 3.63) is 107 Å². The zero-order chi connectivity index (χ0) is 20.5. The summed E-state index contributed by atoms with van der Waals surface area (Å²) in [6.45, 7) is 4.67. The molecule has 0 radical (unpaired) electrons. The molecular weight excluding hydrogens is 428 g/mol. The van der Waals surface area contributed by atoms with E-state index in [1.165, 1.54) is 59.4 Å². The Hall–Kier alpha value is -2.90. The van der Waals surface area contributed by atoms with Gasteiger partial charge in [-0.3, -0.25) is 0 Å². The van der Waals surface area contributed by atoms with Gasteiger partial charge >= 0.3 is 0 Å². The van der Waals surface area contributed by atoms with Crippen LogP contribution in [-0.4, -0.2) is 0 Å². The van der Waals surface area contributed by atoms with E-state index in [1.807, 2.05) is 0 Å². The second-order valence-corrected chi connectivity index (χ2v) is 9.50. The van der Waals surface area contributed by atoms with Crippen molar-refractivity contribution in [2.45, 2.75) is 19.3 Å². The zero-order valence-electron chi connectivity index (χ0n) is 17.0. The third-order valence-corrected chi connectivity index (χ3v) is 7.59. The largest absolute Gasteiger partial charge is 0.0619 e. The first-order valence-electron chi connectivity index (χ1n) is 10.4. The van der Waals surface area contributed by atoms with Crippen LogP contribution in [0.3, 0.4) is 0 Å². The molecule has 0 amide bonds. The van der Waals surface area contributed by atoms with Crippen LogP contribution in [0.15, 0.2) is 95.5 Å². The maximum Gasteiger partial charge on any atom is 0.0332 e. The van der Waals surface area contributed by atoms with E-state index in [-0.39, 0.29) is 5.41 Å². The van der Waals surface area contributed by atoms with Gasteiger partial charge in [-0.2, -0.15) is 0 Å². The van der Waals surface area contributed by atoms with Crippen LogP contribution in [0.4, 0.5) is 0 Å². The van der Waals surface area contributed by atoms with Gasteiger partial charge in [-0.15, -0.1) is 0 Å². The molecule has 0 aliphatic heterocycles. The third-order valence-electron chi connectivity index (χ3n) is 6.74. The second-order valence-electron chi connectivity index (χ2n) is 8.71. The van der Waals surface area contributed by atoms with Gasteiger partial charge in [0.1, 0.15) is 0 Å². The average Bonchev–Trinajstić information content (AvgIpc) is 3.01. The number of hydrogen-bond acceptors (Lipinski definition) is 0. The summed E-state index contributed by atoms with van der Waals surface area (Å²) in [5.74, 6) is 0. The lowest BCUT2D eigenvalue weighted by Crippen LogP contribution is -2.14. The maximum atomic E-state index is 3.88. The van der Waals surface area contributed by atoms with Crippen molar-refractivity contribution in [3.63, 3.8) is 0 Å². The molecule has 0 atom stereocenters. The van der Waals surface area contributed by atoms with Crippen molar-refractivity contribution in [2.24, 2.45) is 0 Å². The van der Waals surface area contributed by atoms with Crippen LogP contribution < -0.4 is 0 Å². The molecule has 30 heavy (non-hydrogen) atoms. The van der Waals surface area contributed by atoms with Crippen LogP contribution >= 0.6 is 15.9 Å². The molecule has 1 aliphatic rings. The highest BCUT2D eigenvalue weighted by Crippen LogP contribution is 2.50. The third kappa shape index (κ3) is 2.33. The molecule has 0 nitrogen and oxygen atoms in total. The van der Waals surface area contributed by atoms with Gasteiger partial charge in [0.25, 0.3) is 0 Å². The fraction of sp³-hybridized carbons (Fsp3) is 0.103. The summed E-state index contributed by atoms with van der Waals surface area (Å²) in [4.78, 5) is 0. The molecular formula is C29H21Br. The van der Waals surface area contributed by atoms with Gasteiger partial charge in [0, 0.05) is 9.89 Å². The molecule has 0 spiro atoms. The quantitative estimate of drug-likeness (QED) is 0.225. The Morgan fingerprint density at radius 2 is 1.10 bits per heavy atom. The van der Waals surface area contributed by atoms with E-state index >= 15 is 0 Å². The molecule has 0 fully saturated rings. The van der Waals surface area contributed by atoms with E-state index in [1.54, 1.807) is 0 Å². The minimum atomic E-state index is 0.0360. The van der Waals surface area contributed by atoms with Crippen molar-refractivity contribution in [1.29, 1.82) is 0 Å². The number of fused-ring (bicyclic) bond motifs is 5. The van der Waals surface area contributed by atoms with Crippen molar-refractivity contribution >= 4 is 37.5 Å². The number of benzene rings is 5. The fourth-order valence-corrected chi connectivity index (χ4v) is 5.95. The fourth-order valence-electron chi connectivity index (χ4n) is 5.26. The normalized spacial score (nSPS) is 14.1. The summed E-state index contributed by atoms with van der Waals surface area (Å²) >= 11 is 3.88. The van der Waals surface area contributed by atoms with Crippen LogP contribution in [0.25, 0.3) is 43.8 Å². The zero-order valence-corrected chi connectivity index (χ0v) is 18.6. The van der Waals surface area contributed by atoms with E-state index in [9.17, 15) is 0 Å². The molecule has 1 heteroatoms. The Balaban J connectivity index is 1.73. The molecule has 0 aromatic heterocycles. The van der Waals surface area contributed by atoms with Crippen molar-refractivity contribution in [3.8, 4) is 22.3 Å². The molecule has 0 N–H and O–H groups in total. The van der Waals surface area contributed by atoms with Crippen molar-refractivity contribution < 1.29 is 0 Å². The molecule has 0 saturated heterocycles. The van der Waals surface area contributed by atoms with Gasteiger partial charge in [-0.1, -0.05) is 98.8 Å². The molecule has 5 aromatic carbocycles. The summed E-state index contributed by atoms with van der Waals surface area (Å²) in [6, 6.07) is 33.3. The smallest absolute Gasteiger partial charge is 0.0332 e. The minimum absolute atomic E-state index is 0.0360. The van der Waals surface area contributed by atoms with Crippen LogP contribution in [-0.2, 0) is 5.41 Å². The second kappa shape index (κ2) is 6.30. The summed E-state index contributed by atoms with van der Waals surface area (Å²) in [7, 11) is 0. The lowest BCUT2D eigenvalue weighted by molar-refractivity contribution is 0.660. The lowest BCUT2D eigenvalue weighted by Gasteiger charge is -2.21. The van der Waals surface area contributed by atoms with Crippen LogP contribution in [0.5, 0.6) is 0 Å². The van der Waals surface area contributed by atoms with Crippen LogP contribution in [0.2, 0.25) is 0 Å². The van der Waals surface area contributed by atoms with Gasteiger partial charge < -0.3 is 0 Å². The predicted molar refractivity (Wildman–Crippen MR) is 132 cm³/mol. The Morgan fingerprint density at radius 3 is 1.77 bits per heavy atom. The Morgan fingerprint density at radius 1 is 0.567 bits per heavy atom. The highest BCUT2D eigenvalue weighted by Gasteiger charge is 2.35. The molecule has 0 unspecified atom stereocenters. The van der Waals surface area contributed by atoms with Gasteiger partial charge in [0.15, 0.2) is 0 Å². The van der Waals surface area contributed by atoms with Gasteiger partial charge in [-0.05, 0) is 76.9 Å². The van der Waals surface area contributed by atoms with Gasteiger partial charge in [0.05, 0.1) is 0 Å². The molecule has 5 aromatic rings. The molecule has 0 saturated carbocycles. The standard InChI is InChI=1S/C29H21Br/c1-29(2)25-14-8-7-9-19(25)24-17-18(15-16-26(24)29)27-20-10-3-5-12-22(20)28(30)23-13-6-4-11-21(23)27/h3-17H,1-2H3. The Labute approximate surface area is 185 Å². The Bertz CT molecular complexity index is 1420. The SMILES string of the molecule is CC1(C)c2ccccc2-c2cc(-c3c4ccccc4c(Br)c4ccccc34)ccc21. The molecule has 1 aliphatic carbocycles. The van der Waals surface area contributed by atoms with Crippen LogP contribution in [0, 0.1) is 0 Å². The van der Waals surface area contributed by atoms with Crippen LogP contribution in [0.1, 0.15) is 25.0 Å². The van der Waals surface area contributed by atoms with Crippen molar-refractivity contribution in [1.82, 2.24) is 0 Å². The number of hydrogen-bond donors (Lipinski definition) is 0. The summed E-state index contributed by atoms with van der Waals surface area (Å²) in [5, 5.41) is 5.09. The van der Waals surface area contributed by atoms with E-state index in [2.05, 4.69) is 121 Å². The molecule has 6 rings (SSSR count). The average molecular weight is 449 g/mol. The predicted octanol–water partition coefficient (Wildman–Crippen LogP) is 8.73.